The van der Waals surface area contributed by atoms with Crippen LogP contribution < -0.4 is 5.32 Å². The van der Waals surface area contributed by atoms with E-state index in [1.54, 1.807) is 6.07 Å². The van der Waals surface area contributed by atoms with E-state index in [0.29, 0.717) is 24.4 Å². The number of ether oxygens (including phenoxy) is 1. The van der Waals surface area contributed by atoms with Crippen LogP contribution in [0.1, 0.15) is 28.3 Å². The Balaban J connectivity index is 1.99. The van der Waals surface area contributed by atoms with Crippen molar-refractivity contribution in [2.45, 2.75) is 26.3 Å². The van der Waals surface area contributed by atoms with Crippen molar-refractivity contribution in [3.8, 4) is 0 Å². The molecule has 1 aromatic rings. The maximum Gasteiger partial charge on any atom is 0.168 e. The number of hydrogen-bond acceptors (Lipinski definition) is 4. The predicted octanol–water partition coefficient (Wildman–Crippen LogP) is 1.46. The van der Waals surface area contributed by atoms with E-state index in [9.17, 15) is 4.79 Å². The van der Waals surface area contributed by atoms with Gasteiger partial charge in [-0.05, 0) is 19.9 Å². The van der Waals surface area contributed by atoms with Gasteiger partial charge in [0, 0.05) is 19.0 Å². The minimum atomic E-state index is 0.123. The molecule has 1 fully saturated rings. The van der Waals surface area contributed by atoms with Crippen molar-refractivity contribution in [3.63, 3.8) is 0 Å². The number of hydrogen-bond donors (Lipinski definition) is 1. The molecule has 0 radical (unpaired) electrons. The molecule has 88 valence electrons. The fourth-order valence-electron chi connectivity index (χ4n) is 1.99. The third-order valence-electron chi connectivity index (χ3n) is 2.77. The van der Waals surface area contributed by atoms with Gasteiger partial charge in [0.2, 0.25) is 0 Å². The lowest BCUT2D eigenvalue weighted by atomic mass is 10.0. The predicted molar refractivity (Wildman–Crippen MR) is 59.7 cm³/mol. The number of aryl methyl sites for hydroxylation is 2. The molecule has 1 saturated heterocycles. The van der Waals surface area contributed by atoms with Gasteiger partial charge in [-0.2, -0.15) is 0 Å². The van der Waals surface area contributed by atoms with Gasteiger partial charge in [-0.25, -0.2) is 0 Å². The van der Waals surface area contributed by atoms with Crippen LogP contribution in [0.15, 0.2) is 10.5 Å². The summed E-state index contributed by atoms with van der Waals surface area (Å²) in [6.07, 6.45) is 0.472. The minimum Gasteiger partial charge on any atom is -0.466 e. The molecule has 1 unspecified atom stereocenters. The van der Waals surface area contributed by atoms with Crippen molar-refractivity contribution in [2.24, 2.45) is 0 Å². The van der Waals surface area contributed by atoms with Crippen molar-refractivity contribution < 1.29 is 13.9 Å². The van der Waals surface area contributed by atoms with Crippen LogP contribution in [0.4, 0.5) is 0 Å². The van der Waals surface area contributed by atoms with Gasteiger partial charge in [-0.3, -0.25) is 4.79 Å². The summed E-state index contributed by atoms with van der Waals surface area (Å²) in [4.78, 5) is 12.0. The monoisotopic (exact) mass is 223 g/mol. The van der Waals surface area contributed by atoms with Crippen molar-refractivity contribution in [1.82, 2.24) is 5.32 Å². The summed E-state index contributed by atoms with van der Waals surface area (Å²) in [5.41, 5.74) is 0.699. The van der Waals surface area contributed by atoms with Crippen molar-refractivity contribution in [3.05, 3.63) is 23.2 Å². The fraction of sp³-hybridized carbons (Fsp3) is 0.583. The molecule has 1 aromatic heterocycles. The molecular formula is C12H17NO3. The summed E-state index contributed by atoms with van der Waals surface area (Å²) in [7, 11) is 0. The van der Waals surface area contributed by atoms with E-state index in [0.717, 1.165) is 18.9 Å². The highest BCUT2D eigenvalue weighted by Crippen LogP contribution is 2.16. The highest BCUT2D eigenvalue weighted by atomic mass is 16.5. The van der Waals surface area contributed by atoms with Gasteiger partial charge in [0.1, 0.15) is 11.5 Å². The number of morpholine rings is 1. The lowest BCUT2D eigenvalue weighted by Gasteiger charge is -2.22. The average molecular weight is 223 g/mol. The molecule has 4 heteroatoms. The van der Waals surface area contributed by atoms with Crippen LogP contribution in [-0.2, 0) is 4.74 Å². The summed E-state index contributed by atoms with van der Waals surface area (Å²) >= 11 is 0. The summed E-state index contributed by atoms with van der Waals surface area (Å²) in [5.74, 6) is 1.62. The lowest BCUT2D eigenvalue weighted by molar-refractivity contribution is 0.0675. The molecule has 2 rings (SSSR count). The first-order valence-electron chi connectivity index (χ1n) is 5.58. The zero-order valence-corrected chi connectivity index (χ0v) is 9.71. The highest BCUT2D eigenvalue weighted by molar-refractivity contribution is 5.97. The quantitative estimate of drug-likeness (QED) is 0.788. The summed E-state index contributed by atoms with van der Waals surface area (Å²) in [6.45, 7) is 5.84. The molecule has 0 aliphatic carbocycles. The zero-order chi connectivity index (χ0) is 11.5. The Hall–Kier alpha value is -1.13. The van der Waals surface area contributed by atoms with E-state index >= 15 is 0 Å². The average Bonchev–Trinajstić information content (AvgIpc) is 2.59. The van der Waals surface area contributed by atoms with Gasteiger partial charge in [0.05, 0.1) is 18.8 Å². The fourth-order valence-corrected chi connectivity index (χ4v) is 1.99. The Morgan fingerprint density at radius 3 is 2.94 bits per heavy atom. The number of Topliss-reactive ketones (excluding diaryl/α,β-unsaturated/α-hetero) is 1. The normalized spacial score (nSPS) is 21.0. The van der Waals surface area contributed by atoms with E-state index in [1.807, 2.05) is 13.8 Å². The number of ketones is 1. The molecule has 1 aliphatic heterocycles. The Morgan fingerprint density at radius 1 is 1.56 bits per heavy atom. The van der Waals surface area contributed by atoms with Crippen LogP contribution >= 0.6 is 0 Å². The number of furan rings is 1. The second-order valence-electron chi connectivity index (χ2n) is 4.18. The second kappa shape index (κ2) is 4.80. The van der Waals surface area contributed by atoms with Crippen molar-refractivity contribution >= 4 is 5.78 Å². The molecule has 1 atom stereocenters. The van der Waals surface area contributed by atoms with Gasteiger partial charge in [0.25, 0.3) is 0 Å². The topological polar surface area (TPSA) is 51.5 Å². The number of nitrogens with one attached hydrogen (secondary N) is 1. The first-order chi connectivity index (χ1) is 7.66. The van der Waals surface area contributed by atoms with Gasteiger partial charge in [-0.15, -0.1) is 0 Å². The van der Waals surface area contributed by atoms with E-state index in [-0.39, 0.29) is 11.8 Å². The Labute approximate surface area is 95.0 Å². The highest BCUT2D eigenvalue weighted by Gasteiger charge is 2.20. The molecule has 2 heterocycles. The van der Waals surface area contributed by atoms with Gasteiger partial charge >= 0.3 is 0 Å². The first kappa shape index (κ1) is 11.4. The molecule has 1 aliphatic rings. The Morgan fingerprint density at radius 2 is 2.38 bits per heavy atom. The SMILES string of the molecule is Cc1cc(C(=O)CC2COCCN2)c(C)o1. The van der Waals surface area contributed by atoms with Gasteiger partial charge in [0.15, 0.2) is 5.78 Å². The molecule has 4 nitrogen and oxygen atoms in total. The molecule has 16 heavy (non-hydrogen) atoms. The molecular weight excluding hydrogens is 206 g/mol. The molecule has 0 saturated carbocycles. The Bertz CT molecular complexity index is 378. The molecule has 0 bridgehead atoms. The van der Waals surface area contributed by atoms with Gasteiger partial charge in [-0.1, -0.05) is 0 Å². The molecule has 0 spiro atoms. The second-order valence-corrected chi connectivity index (χ2v) is 4.18. The van der Waals surface area contributed by atoms with E-state index in [1.165, 1.54) is 0 Å². The summed E-state index contributed by atoms with van der Waals surface area (Å²) in [6, 6.07) is 1.94. The minimum absolute atomic E-state index is 0.123. The van der Waals surface area contributed by atoms with E-state index < -0.39 is 0 Å². The van der Waals surface area contributed by atoms with E-state index in [4.69, 9.17) is 9.15 Å². The van der Waals surface area contributed by atoms with Crippen LogP contribution in [0.5, 0.6) is 0 Å². The van der Waals surface area contributed by atoms with Gasteiger partial charge < -0.3 is 14.5 Å². The van der Waals surface area contributed by atoms with Crippen molar-refractivity contribution in [1.29, 1.82) is 0 Å². The van der Waals surface area contributed by atoms with E-state index in [2.05, 4.69) is 5.32 Å². The van der Waals surface area contributed by atoms with Crippen molar-refractivity contribution in [2.75, 3.05) is 19.8 Å². The van der Waals surface area contributed by atoms with Crippen LogP contribution in [-0.4, -0.2) is 31.6 Å². The standard InChI is InChI=1S/C12H17NO3/c1-8-5-11(9(2)16-8)12(14)6-10-7-15-4-3-13-10/h5,10,13H,3-4,6-7H2,1-2H3. The first-order valence-corrected chi connectivity index (χ1v) is 5.58. The maximum absolute atomic E-state index is 12.0. The zero-order valence-electron chi connectivity index (χ0n) is 9.71. The Kier molecular flexibility index (Phi) is 3.41. The smallest absolute Gasteiger partial charge is 0.168 e. The number of carbonyl (C=O) groups excluding carboxylic acids is 1. The largest absolute Gasteiger partial charge is 0.466 e. The molecule has 0 aromatic carbocycles. The van der Waals surface area contributed by atoms with Crippen LogP contribution in [0, 0.1) is 13.8 Å². The van der Waals surface area contributed by atoms with Crippen LogP contribution in [0.25, 0.3) is 0 Å². The third-order valence-corrected chi connectivity index (χ3v) is 2.77. The maximum atomic E-state index is 12.0. The third kappa shape index (κ3) is 2.51. The molecule has 0 amide bonds. The molecule has 1 N–H and O–H groups in total. The van der Waals surface area contributed by atoms with Crippen LogP contribution in [0.2, 0.25) is 0 Å². The number of carbonyl (C=O) groups is 1. The van der Waals surface area contributed by atoms with Crippen LogP contribution in [0.3, 0.4) is 0 Å². The summed E-state index contributed by atoms with van der Waals surface area (Å²) < 4.78 is 10.7. The summed E-state index contributed by atoms with van der Waals surface area (Å²) in [5, 5.41) is 3.27. The lowest BCUT2D eigenvalue weighted by Crippen LogP contribution is -2.42. The number of rotatable bonds is 3.